The van der Waals surface area contributed by atoms with Crippen LogP contribution in [0.5, 0.6) is 0 Å². The normalized spacial score (nSPS) is 10.6. The Morgan fingerprint density at radius 2 is 1.77 bits per heavy atom. The van der Waals surface area contributed by atoms with Gasteiger partial charge in [-0.3, -0.25) is 0 Å². The zero-order valence-corrected chi connectivity index (χ0v) is 13.1. The predicted molar refractivity (Wildman–Crippen MR) is 88.8 cm³/mol. The summed E-state index contributed by atoms with van der Waals surface area (Å²) in [7, 11) is 0. The molecule has 0 spiro atoms. The molecule has 2 aromatic carbocycles. The van der Waals surface area contributed by atoms with Gasteiger partial charge in [-0.25, -0.2) is 4.68 Å². The second-order valence-corrected chi connectivity index (χ2v) is 5.60. The minimum absolute atomic E-state index is 0.294. The molecule has 0 bridgehead atoms. The third-order valence-corrected chi connectivity index (χ3v) is 3.92. The highest BCUT2D eigenvalue weighted by Gasteiger charge is 2.15. The Morgan fingerprint density at radius 1 is 1.05 bits per heavy atom. The van der Waals surface area contributed by atoms with Gasteiger partial charge in [-0.15, -0.1) is 0 Å². The van der Waals surface area contributed by atoms with Gasteiger partial charge in [0.15, 0.2) is 0 Å². The third kappa shape index (κ3) is 2.78. The predicted octanol–water partition coefficient (Wildman–Crippen LogP) is 4.59. The molecule has 110 valence electrons. The molecule has 0 unspecified atom stereocenters. The van der Waals surface area contributed by atoms with Gasteiger partial charge in [0, 0.05) is 22.6 Å². The Bertz CT molecular complexity index is 810. The number of hydrogen-bond donors (Lipinski definition) is 0. The average Bonchev–Trinajstić information content (AvgIpc) is 2.92. The van der Waals surface area contributed by atoms with Gasteiger partial charge in [0.25, 0.3) is 0 Å². The van der Waals surface area contributed by atoms with Gasteiger partial charge in [0.05, 0.1) is 22.6 Å². The lowest BCUT2D eigenvalue weighted by molar-refractivity contribution is -0.107. The van der Waals surface area contributed by atoms with E-state index in [-0.39, 0.29) is 0 Å². The monoisotopic (exact) mass is 330 g/mol. The fraction of sp³-hybridized carbons (Fsp3) is 0.0588. The number of nitrogens with zero attached hydrogens (tertiary/aromatic N) is 2. The van der Waals surface area contributed by atoms with Gasteiger partial charge in [-0.2, -0.15) is 5.10 Å². The highest BCUT2D eigenvalue weighted by atomic mass is 35.5. The first kappa shape index (κ1) is 14.8. The quantitative estimate of drug-likeness (QED) is 0.656. The van der Waals surface area contributed by atoms with Crippen molar-refractivity contribution in [3.05, 3.63) is 70.3 Å². The molecule has 3 rings (SSSR count). The summed E-state index contributed by atoms with van der Waals surface area (Å²) in [5.74, 6) is 0. The average molecular weight is 331 g/mol. The molecule has 0 aliphatic rings. The van der Waals surface area contributed by atoms with Crippen molar-refractivity contribution in [1.82, 2.24) is 9.78 Å². The van der Waals surface area contributed by atoms with Gasteiger partial charge in [0.1, 0.15) is 6.29 Å². The molecule has 0 aliphatic heterocycles. The van der Waals surface area contributed by atoms with Crippen LogP contribution in [0.15, 0.2) is 54.7 Å². The molecule has 0 amide bonds. The van der Waals surface area contributed by atoms with Gasteiger partial charge >= 0.3 is 0 Å². The van der Waals surface area contributed by atoms with Crippen molar-refractivity contribution in [1.29, 1.82) is 0 Å². The van der Waals surface area contributed by atoms with E-state index in [4.69, 9.17) is 23.2 Å². The molecular weight excluding hydrogens is 319 g/mol. The molecular formula is C17H12Cl2N2O. The van der Waals surface area contributed by atoms with Crippen molar-refractivity contribution in [3.63, 3.8) is 0 Å². The lowest BCUT2D eigenvalue weighted by Crippen LogP contribution is -2.01. The Hall–Kier alpha value is -2.10. The Morgan fingerprint density at radius 3 is 2.45 bits per heavy atom. The second kappa shape index (κ2) is 6.34. The van der Waals surface area contributed by atoms with Crippen molar-refractivity contribution in [2.24, 2.45) is 0 Å². The van der Waals surface area contributed by atoms with E-state index < -0.39 is 0 Å². The highest BCUT2D eigenvalue weighted by Crippen LogP contribution is 2.30. The van der Waals surface area contributed by atoms with Crippen LogP contribution in [0.1, 0.15) is 5.56 Å². The fourth-order valence-electron chi connectivity index (χ4n) is 2.34. The molecule has 0 saturated heterocycles. The molecule has 1 aromatic heterocycles. The van der Waals surface area contributed by atoms with Gasteiger partial charge in [-0.05, 0) is 24.3 Å². The molecule has 0 atom stereocenters. The summed E-state index contributed by atoms with van der Waals surface area (Å²) in [5.41, 5.74) is 3.39. The Balaban J connectivity index is 2.22. The maximum atomic E-state index is 10.9. The first-order valence-corrected chi connectivity index (χ1v) is 7.47. The third-order valence-electron chi connectivity index (χ3n) is 3.35. The van der Waals surface area contributed by atoms with Crippen LogP contribution in [-0.4, -0.2) is 16.1 Å². The van der Waals surface area contributed by atoms with Crippen molar-refractivity contribution < 1.29 is 4.79 Å². The van der Waals surface area contributed by atoms with Crippen molar-refractivity contribution in [2.75, 3.05) is 0 Å². The smallest absolute Gasteiger partial charge is 0.124 e. The van der Waals surface area contributed by atoms with Crippen LogP contribution in [-0.2, 0) is 11.2 Å². The molecule has 5 heteroatoms. The minimum atomic E-state index is 0.294. The summed E-state index contributed by atoms with van der Waals surface area (Å²) in [6.07, 6.45) is 2.86. The zero-order chi connectivity index (χ0) is 15.5. The molecule has 0 fully saturated rings. The van der Waals surface area contributed by atoms with Gasteiger partial charge in [0.2, 0.25) is 0 Å². The fourth-order valence-corrected chi connectivity index (χ4v) is 2.68. The number of halogens is 2. The Labute approximate surface area is 138 Å². The van der Waals surface area contributed by atoms with E-state index in [2.05, 4.69) is 5.10 Å². The van der Waals surface area contributed by atoms with E-state index >= 15 is 0 Å². The van der Waals surface area contributed by atoms with E-state index in [1.54, 1.807) is 10.9 Å². The summed E-state index contributed by atoms with van der Waals surface area (Å²) in [4.78, 5) is 10.9. The SMILES string of the molecule is O=CCc1cnn(-c2ccccc2Cl)c1-c1ccc(Cl)cc1. The number of para-hydroxylation sites is 1. The number of hydrogen-bond acceptors (Lipinski definition) is 2. The minimum Gasteiger partial charge on any atom is -0.303 e. The van der Waals surface area contributed by atoms with Crippen LogP contribution in [0.4, 0.5) is 0 Å². The second-order valence-electron chi connectivity index (χ2n) is 4.76. The largest absolute Gasteiger partial charge is 0.303 e. The van der Waals surface area contributed by atoms with E-state index in [9.17, 15) is 4.79 Å². The molecule has 0 saturated carbocycles. The Kier molecular flexibility index (Phi) is 4.27. The molecule has 3 aromatic rings. The first-order valence-electron chi connectivity index (χ1n) is 6.72. The van der Waals surface area contributed by atoms with Crippen LogP contribution in [0.25, 0.3) is 16.9 Å². The topological polar surface area (TPSA) is 34.9 Å². The van der Waals surface area contributed by atoms with Crippen molar-refractivity contribution in [3.8, 4) is 16.9 Å². The summed E-state index contributed by atoms with van der Waals surface area (Å²) < 4.78 is 1.75. The maximum absolute atomic E-state index is 10.9. The summed E-state index contributed by atoms with van der Waals surface area (Å²) in [5, 5.41) is 5.66. The van der Waals surface area contributed by atoms with Crippen LogP contribution >= 0.6 is 23.2 Å². The number of carbonyl (C=O) groups excluding carboxylic acids is 1. The number of aromatic nitrogens is 2. The first-order chi connectivity index (χ1) is 10.7. The molecule has 0 N–H and O–H groups in total. The molecule has 0 aliphatic carbocycles. The molecule has 1 heterocycles. The van der Waals surface area contributed by atoms with Crippen LogP contribution in [0, 0.1) is 0 Å². The lowest BCUT2D eigenvalue weighted by atomic mass is 10.1. The van der Waals surface area contributed by atoms with E-state index in [1.165, 1.54) is 0 Å². The van der Waals surface area contributed by atoms with Crippen LogP contribution in [0.2, 0.25) is 10.0 Å². The molecule has 0 radical (unpaired) electrons. The van der Waals surface area contributed by atoms with Crippen molar-refractivity contribution in [2.45, 2.75) is 6.42 Å². The highest BCUT2D eigenvalue weighted by molar-refractivity contribution is 6.32. The molecule has 22 heavy (non-hydrogen) atoms. The number of benzene rings is 2. The number of rotatable bonds is 4. The van der Waals surface area contributed by atoms with Gasteiger partial charge in [-0.1, -0.05) is 47.5 Å². The maximum Gasteiger partial charge on any atom is 0.124 e. The van der Waals surface area contributed by atoms with E-state index in [1.807, 2.05) is 48.5 Å². The summed E-state index contributed by atoms with van der Waals surface area (Å²) >= 11 is 12.2. The number of aldehydes is 1. The van der Waals surface area contributed by atoms with Crippen LogP contribution in [0.3, 0.4) is 0 Å². The van der Waals surface area contributed by atoms with E-state index in [0.29, 0.717) is 16.5 Å². The van der Waals surface area contributed by atoms with Crippen LogP contribution < -0.4 is 0 Å². The standard InChI is InChI=1S/C17H12Cl2N2O/c18-14-7-5-12(6-8-14)17-13(9-10-22)11-20-21(17)16-4-2-1-3-15(16)19/h1-8,10-11H,9H2. The van der Waals surface area contributed by atoms with Crippen molar-refractivity contribution >= 4 is 29.5 Å². The summed E-state index contributed by atoms with van der Waals surface area (Å²) in [6.45, 7) is 0. The zero-order valence-electron chi connectivity index (χ0n) is 11.5. The molecule has 3 nitrogen and oxygen atoms in total. The summed E-state index contributed by atoms with van der Waals surface area (Å²) in [6, 6.07) is 14.9. The lowest BCUT2D eigenvalue weighted by Gasteiger charge is -2.11. The van der Waals surface area contributed by atoms with E-state index in [0.717, 1.165) is 28.8 Å². The number of carbonyl (C=O) groups is 1. The van der Waals surface area contributed by atoms with Gasteiger partial charge < -0.3 is 4.79 Å².